The van der Waals surface area contributed by atoms with Crippen molar-refractivity contribution < 1.29 is 14.7 Å². The molecule has 17 heavy (non-hydrogen) atoms. The average molecular weight is 234 g/mol. The molecule has 2 rings (SSSR count). The van der Waals surface area contributed by atoms with Crippen molar-refractivity contribution in [3.8, 4) is 0 Å². The predicted molar refractivity (Wildman–Crippen MR) is 63.0 cm³/mol. The molecule has 0 atom stereocenters. The molecule has 0 spiro atoms. The van der Waals surface area contributed by atoms with Gasteiger partial charge in [0.05, 0.1) is 0 Å². The summed E-state index contributed by atoms with van der Waals surface area (Å²) >= 11 is 0. The number of amides is 2. The van der Waals surface area contributed by atoms with Crippen LogP contribution in [-0.4, -0.2) is 24.2 Å². The molecule has 5 heteroatoms. The molecular formula is C12H14N2O3. The number of fused-ring (bicyclic) bond motifs is 1. The summed E-state index contributed by atoms with van der Waals surface area (Å²) in [6.07, 6.45) is 0.202. The van der Waals surface area contributed by atoms with Crippen molar-refractivity contribution in [3.05, 3.63) is 29.3 Å². The topological polar surface area (TPSA) is 69.6 Å². The van der Waals surface area contributed by atoms with Crippen LogP contribution in [-0.2, 0) is 17.8 Å². The molecule has 5 nitrogen and oxygen atoms in total. The van der Waals surface area contributed by atoms with E-state index in [0.717, 1.165) is 23.2 Å². The van der Waals surface area contributed by atoms with E-state index in [1.54, 1.807) is 11.9 Å². The zero-order chi connectivity index (χ0) is 12.4. The summed E-state index contributed by atoms with van der Waals surface area (Å²) in [4.78, 5) is 23.5. The van der Waals surface area contributed by atoms with E-state index in [1.165, 1.54) is 0 Å². The van der Waals surface area contributed by atoms with Gasteiger partial charge >= 0.3 is 6.09 Å². The number of benzene rings is 1. The van der Waals surface area contributed by atoms with Gasteiger partial charge in [-0.05, 0) is 23.6 Å². The van der Waals surface area contributed by atoms with Crippen LogP contribution >= 0.6 is 0 Å². The predicted octanol–water partition coefficient (Wildman–Crippen LogP) is 1.36. The normalized spacial score (nSPS) is 14.4. The van der Waals surface area contributed by atoms with Crippen LogP contribution in [0.1, 0.15) is 17.5 Å². The number of nitrogens with one attached hydrogen (secondary N) is 1. The summed E-state index contributed by atoms with van der Waals surface area (Å²) in [5, 5.41) is 10.9. The Balaban J connectivity index is 2.20. The zero-order valence-corrected chi connectivity index (χ0v) is 9.56. The SMILES string of the molecule is CN1C(=O)CCc2cc(CNC(=O)O)ccc21. The number of carbonyl (C=O) groups is 2. The van der Waals surface area contributed by atoms with Crippen LogP contribution in [0.15, 0.2) is 18.2 Å². The lowest BCUT2D eigenvalue weighted by Crippen LogP contribution is -2.31. The molecule has 0 fully saturated rings. The molecule has 0 unspecified atom stereocenters. The molecule has 1 aromatic rings. The Morgan fingerprint density at radius 3 is 2.94 bits per heavy atom. The third-order valence-electron chi connectivity index (χ3n) is 2.93. The Kier molecular flexibility index (Phi) is 2.99. The molecule has 0 saturated carbocycles. The van der Waals surface area contributed by atoms with Crippen molar-refractivity contribution in [3.63, 3.8) is 0 Å². The number of carbonyl (C=O) groups excluding carboxylic acids is 1. The number of nitrogens with zero attached hydrogens (tertiary/aromatic N) is 1. The van der Waals surface area contributed by atoms with Crippen molar-refractivity contribution in [1.82, 2.24) is 5.32 Å². The molecule has 1 heterocycles. The van der Waals surface area contributed by atoms with Gasteiger partial charge in [0.25, 0.3) is 0 Å². The van der Waals surface area contributed by atoms with Gasteiger partial charge in [-0.25, -0.2) is 4.79 Å². The largest absolute Gasteiger partial charge is 0.465 e. The molecular weight excluding hydrogens is 220 g/mol. The number of rotatable bonds is 2. The Labute approximate surface area is 99.0 Å². The van der Waals surface area contributed by atoms with Crippen LogP contribution in [0.2, 0.25) is 0 Å². The minimum atomic E-state index is -1.03. The van der Waals surface area contributed by atoms with Gasteiger partial charge in [0.2, 0.25) is 5.91 Å². The highest BCUT2D eigenvalue weighted by molar-refractivity contribution is 5.95. The van der Waals surface area contributed by atoms with E-state index in [4.69, 9.17) is 5.11 Å². The van der Waals surface area contributed by atoms with Gasteiger partial charge in [0.1, 0.15) is 0 Å². The highest BCUT2D eigenvalue weighted by Gasteiger charge is 2.20. The van der Waals surface area contributed by atoms with Crippen LogP contribution in [0.5, 0.6) is 0 Å². The highest BCUT2D eigenvalue weighted by atomic mass is 16.4. The second-order valence-corrected chi connectivity index (χ2v) is 4.07. The van der Waals surface area contributed by atoms with E-state index >= 15 is 0 Å². The van der Waals surface area contributed by atoms with Gasteiger partial charge in [-0.3, -0.25) is 4.79 Å². The van der Waals surface area contributed by atoms with Crippen LogP contribution in [0.25, 0.3) is 0 Å². The monoisotopic (exact) mass is 234 g/mol. The Morgan fingerprint density at radius 1 is 1.47 bits per heavy atom. The molecule has 90 valence electrons. The Bertz CT molecular complexity index is 471. The van der Waals surface area contributed by atoms with Crippen molar-refractivity contribution in [2.75, 3.05) is 11.9 Å². The number of carboxylic acid groups (broad SMARTS) is 1. The van der Waals surface area contributed by atoms with Crippen LogP contribution in [0, 0.1) is 0 Å². The van der Waals surface area contributed by atoms with Crippen LogP contribution < -0.4 is 10.2 Å². The van der Waals surface area contributed by atoms with Gasteiger partial charge < -0.3 is 15.3 Å². The smallest absolute Gasteiger partial charge is 0.404 e. The second kappa shape index (κ2) is 4.45. The van der Waals surface area contributed by atoms with Gasteiger partial charge in [0.15, 0.2) is 0 Å². The third kappa shape index (κ3) is 2.38. The van der Waals surface area contributed by atoms with E-state index in [9.17, 15) is 9.59 Å². The Hall–Kier alpha value is -2.04. The lowest BCUT2D eigenvalue weighted by Gasteiger charge is -2.26. The van der Waals surface area contributed by atoms with Crippen molar-refractivity contribution >= 4 is 17.7 Å². The quantitative estimate of drug-likeness (QED) is 0.811. The molecule has 0 aromatic heterocycles. The van der Waals surface area contributed by atoms with Gasteiger partial charge in [0, 0.05) is 25.7 Å². The Morgan fingerprint density at radius 2 is 2.24 bits per heavy atom. The summed E-state index contributed by atoms with van der Waals surface area (Å²) < 4.78 is 0. The number of hydrogen-bond donors (Lipinski definition) is 2. The summed E-state index contributed by atoms with van der Waals surface area (Å²) in [7, 11) is 1.76. The lowest BCUT2D eigenvalue weighted by atomic mass is 9.99. The lowest BCUT2D eigenvalue weighted by molar-refractivity contribution is -0.118. The zero-order valence-electron chi connectivity index (χ0n) is 9.56. The molecule has 1 aliphatic heterocycles. The van der Waals surface area contributed by atoms with E-state index in [2.05, 4.69) is 5.32 Å². The summed E-state index contributed by atoms with van der Waals surface area (Å²) in [6, 6.07) is 5.66. The first-order valence-electron chi connectivity index (χ1n) is 5.43. The fraction of sp³-hybridized carbons (Fsp3) is 0.333. The molecule has 2 N–H and O–H groups in total. The van der Waals surface area contributed by atoms with Gasteiger partial charge in [-0.15, -0.1) is 0 Å². The minimum Gasteiger partial charge on any atom is -0.465 e. The standard InChI is InChI=1S/C12H14N2O3/c1-14-10-4-2-8(7-13-12(16)17)6-9(10)3-5-11(14)15/h2,4,6,13H,3,5,7H2,1H3,(H,16,17). The first-order valence-corrected chi connectivity index (χ1v) is 5.43. The minimum absolute atomic E-state index is 0.119. The highest BCUT2D eigenvalue weighted by Crippen LogP contribution is 2.27. The molecule has 2 amide bonds. The average Bonchev–Trinajstić information content (AvgIpc) is 2.31. The van der Waals surface area contributed by atoms with Crippen LogP contribution in [0.3, 0.4) is 0 Å². The maximum atomic E-state index is 11.5. The fourth-order valence-electron chi connectivity index (χ4n) is 2.00. The van der Waals surface area contributed by atoms with Crippen molar-refractivity contribution in [1.29, 1.82) is 0 Å². The van der Waals surface area contributed by atoms with Gasteiger partial charge in [-0.1, -0.05) is 12.1 Å². The van der Waals surface area contributed by atoms with Crippen molar-refractivity contribution in [2.24, 2.45) is 0 Å². The molecule has 1 aromatic carbocycles. The molecule has 0 aliphatic carbocycles. The maximum absolute atomic E-state index is 11.5. The van der Waals surface area contributed by atoms with E-state index in [-0.39, 0.29) is 5.91 Å². The van der Waals surface area contributed by atoms with Gasteiger partial charge in [-0.2, -0.15) is 0 Å². The first-order chi connectivity index (χ1) is 8.08. The third-order valence-corrected chi connectivity index (χ3v) is 2.93. The fourth-order valence-corrected chi connectivity index (χ4v) is 2.00. The summed E-state index contributed by atoms with van der Waals surface area (Å²) in [5.74, 6) is 0.119. The molecule has 1 aliphatic rings. The van der Waals surface area contributed by atoms with E-state index < -0.39 is 6.09 Å². The number of aryl methyl sites for hydroxylation is 1. The van der Waals surface area contributed by atoms with Crippen LogP contribution in [0.4, 0.5) is 10.5 Å². The summed E-state index contributed by atoms with van der Waals surface area (Å²) in [6.45, 7) is 0.292. The second-order valence-electron chi connectivity index (χ2n) is 4.07. The summed E-state index contributed by atoms with van der Waals surface area (Å²) in [5.41, 5.74) is 2.92. The number of anilines is 1. The van der Waals surface area contributed by atoms with E-state index in [0.29, 0.717) is 13.0 Å². The maximum Gasteiger partial charge on any atom is 0.404 e. The van der Waals surface area contributed by atoms with Crippen molar-refractivity contribution in [2.45, 2.75) is 19.4 Å². The number of hydrogen-bond acceptors (Lipinski definition) is 2. The molecule has 0 bridgehead atoms. The van der Waals surface area contributed by atoms with E-state index in [1.807, 2.05) is 18.2 Å². The first kappa shape index (κ1) is 11.4. The molecule has 0 saturated heterocycles. The molecule has 0 radical (unpaired) electrons.